The number of amides is 1. The predicted octanol–water partition coefficient (Wildman–Crippen LogP) is 2.88. The first-order valence-electron chi connectivity index (χ1n) is 6.69. The second kappa shape index (κ2) is 4.88. The fourth-order valence-electron chi connectivity index (χ4n) is 2.93. The molecule has 0 aliphatic carbocycles. The number of piperidine rings is 1. The largest absolute Gasteiger partial charge is 0.355 e. The fourth-order valence-corrected chi connectivity index (χ4v) is 2.93. The Labute approximate surface area is 113 Å². The smallest absolute Gasteiger partial charge is 0.220 e. The standard InChI is InChI=1S/C17H17NO/c19-16-11-12-17(13-18-16,14-7-3-1-4-8-14)15-9-5-2-6-10-15/h1-10H,11-13H2,(H,18,19). The maximum absolute atomic E-state index is 11.5. The molecular formula is C17H17NO. The van der Waals surface area contributed by atoms with Gasteiger partial charge >= 0.3 is 0 Å². The molecule has 1 aliphatic heterocycles. The molecule has 0 atom stereocenters. The van der Waals surface area contributed by atoms with E-state index in [2.05, 4.69) is 53.8 Å². The van der Waals surface area contributed by atoms with Gasteiger partial charge in [0, 0.05) is 18.4 Å². The molecule has 1 aliphatic rings. The molecule has 2 nitrogen and oxygen atoms in total. The summed E-state index contributed by atoms with van der Waals surface area (Å²) in [5, 5.41) is 3.03. The third-order valence-electron chi connectivity index (χ3n) is 4.02. The van der Waals surface area contributed by atoms with Crippen molar-refractivity contribution < 1.29 is 4.79 Å². The van der Waals surface area contributed by atoms with Gasteiger partial charge in [-0.15, -0.1) is 0 Å². The molecule has 0 saturated carbocycles. The summed E-state index contributed by atoms with van der Waals surface area (Å²) in [6.45, 7) is 0.680. The highest BCUT2D eigenvalue weighted by Gasteiger charge is 2.37. The van der Waals surface area contributed by atoms with Crippen LogP contribution in [0.5, 0.6) is 0 Å². The summed E-state index contributed by atoms with van der Waals surface area (Å²) in [6.07, 6.45) is 1.46. The lowest BCUT2D eigenvalue weighted by atomic mass is 9.69. The van der Waals surface area contributed by atoms with Gasteiger partial charge in [0.05, 0.1) is 0 Å². The Bertz CT molecular complexity index is 511. The summed E-state index contributed by atoms with van der Waals surface area (Å²) in [5.41, 5.74) is 2.47. The molecule has 0 spiro atoms. The number of rotatable bonds is 2. The molecular weight excluding hydrogens is 234 g/mol. The Morgan fingerprint density at radius 1 is 0.842 bits per heavy atom. The third-order valence-corrected chi connectivity index (χ3v) is 4.02. The average Bonchev–Trinajstić information content (AvgIpc) is 2.50. The Morgan fingerprint density at radius 3 is 1.79 bits per heavy atom. The van der Waals surface area contributed by atoms with Gasteiger partial charge in [0.1, 0.15) is 0 Å². The van der Waals surface area contributed by atoms with Crippen LogP contribution in [-0.2, 0) is 10.2 Å². The van der Waals surface area contributed by atoms with Crippen molar-refractivity contribution in [1.29, 1.82) is 0 Å². The Morgan fingerprint density at radius 2 is 1.37 bits per heavy atom. The number of benzene rings is 2. The van der Waals surface area contributed by atoms with Crippen LogP contribution in [0.4, 0.5) is 0 Å². The Balaban J connectivity index is 2.09. The quantitative estimate of drug-likeness (QED) is 0.873. The summed E-state index contributed by atoms with van der Waals surface area (Å²) in [4.78, 5) is 11.5. The molecule has 0 bridgehead atoms. The van der Waals surface area contributed by atoms with E-state index in [1.807, 2.05) is 12.1 Å². The van der Waals surface area contributed by atoms with Crippen LogP contribution in [-0.4, -0.2) is 12.5 Å². The molecule has 1 heterocycles. The van der Waals surface area contributed by atoms with Gasteiger partial charge in [-0.2, -0.15) is 0 Å². The monoisotopic (exact) mass is 251 g/mol. The Kier molecular flexibility index (Phi) is 3.08. The zero-order valence-electron chi connectivity index (χ0n) is 10.8. The second-order valence-electron chi connectivity index (χ2n) is 5.09. The van der Waals surface area contributed by atoms with E-state index in [-0.39, 0.29) is 11.3 Å². The van der Waals surface area contributed by atoms with Crippen molar-refractivity contribution in [1.82, 2.24) is 5.32 Å². The Hall–Kier alpha value is -2.09. The number of nitrogens with one attached hydrogen (secondary N) is 1. The van der Waals surface area contributed by atoms with Gasteiger partial charge < -0.3 is 5.32 Å². The van der Waals surface area contributed by atoms with Gasteiger partial charge in [0.25, 0.3) is 0 Å². The van der Waals surface area contributed by atoms with Crippen molar-refractivity contribution in [3.05, 3.63) is 71.8 Å². The average molecular weight is 251 g/mol. The van der Waals surface area contributed by atoms with Gasteiger partial charge in [0.2, 0.25) is 5.91 Å². The van der Waals surface area contributed by atoms with Crippen LogP contribution in [0.15, 0.2) is 60.7 Å². The maximum atomic E-state index is 11.5. The van der Waals surface area contributed by atoms with Crippen molar-refractivity contribution in [3.63, 3.8) is 0 Å². The van der Waals surface area contributed by atoms with E-state index in [0.717, 1.165) is 6.42 Å². The zero-order chi connectivity index (χ0) is 13.1. The lowest BCUT2D eigenvalue weighted by Crippen LogP contribution is -2.46. The SMILES string of the molecule is O=C1CCC(c2ccccc2)(c2ccccc2)CN1. The summed E-state index contributed by atoms with van der Waals surface area (Å²) >= 11 is 0. The molecule has 0 unspecified atom stereocenters. The van der Waals surface area contributed by atoms with Crippen molar-refractivity contribution in [2.45, 2.75) is 18.3 Å². The van der Waals surface area contributed by atoms with Gasteiger partial charge in [0.15, 0.2) is 0 Å². The second-order valence-corrected chi connectivity index (χ2v) is 5.09. The molecule has 0 radical (unpaired) electrons. The molecule has 2 aromatic rings. The van der Waals surface area contributed by atoms with Crippen LogP contribution in [0.3, 0.4) is 0 Å². The number of hydrogen-bond donors (Lipinski definition) is 1. The molecule has 3 rings (SSSR count). The minimum Gasteiger partial charge on any atom is -0.355 e. The van der Waals surface area contributed by atoms with E-state index < -0.39 is 0 Å². The van der Waals surface area contributed by atoms with E-state index in [1.54, 1.807) is 0 Å². The van der Waals surface area contributed by atoms with E-state index in [1.165, 1.54) is 11.1 Å². The normalized spacial score (nSPS) is 17.8. The van der Waals surface area contributed by atoms with Crippen LogP contribution in [0, 0.1) is 0 Å². The lowest BCUT2D eigenvalue weighted by Gasteiger charge is -2.38. The summed E-state index contributed by atoms with van der Waals surface area (Å²) in [7, 11) is 0. The lowest BCUT2D eigenvalue weighted by molar-refractivity contribution is -0.123. The van der Waals surface area contributed by atoms with Crippen molar-refractivity contribution in [2.24, 2.45) is 0 Å². The molecule has 1 N–H and O–H groups in total. The molecule has 1 fully saturated rings. The van der Waals surface area contributed by atoms with E-state index >= 15 is 0 Å². The first kappa shape index (κ1) is 12.0. The molecule has 19 heavy (non-hydrogen) atoms. The number of hydrogen-bond acceptors (Lipinski definition) is 1. The molecule has 2 heteroatoms. The summed E-state index contributed by atoms with van der Waals surface area (Å²) < 4.78 is 0. The molecule has 0 aromatic heterocycles. The molecule has 1 amide bonds. The van der Waals surface area contributed by atoms with Crippen LogP contribution < -0.4 is 5.32 Å². The first-order chi connectivity index (χ1) is 9.31. The van der Waals surface area contributed by atoms with Crippen LogP contribution >= 0.6 is 0 Å². The van der Waals surface area contributed by atoms with E-state index in [4.69, 9.17) is 0 Å². The molecule has 1 saturated heterocycles. The van der Waals surface area contributed by atoms with Gasteiger partial charge in [-0.3, -0.25) is 4.79 Å². The maximum Gasteiger partial charge on any atom is 0.220 e. The first-order valence-corrected chi connectivity index (χ1v) is 6.69. The van der Waals surface area contributed by atoms with Crippen LogP contribution in [0.2, 0.25) is 0 Å². The van der Waals surface area contributed by atoms with Gasteiger partial charge in [-0.1, -0.05) is 60.7 Å². The predicted molar refractivity (Wildman–Crippen MR) is 75.9 cm³/mol. The number of carbonyl (C=O) groups is 1. The van der Waals surface area contributed by atoms with Crippen molar-refractivity contribution >= 4 is 5.91 Å². The molecule has 96 valence electrons. The number of carbonyl (C=O) groups excluding carboxylic acids is 1. The highest BCUT2D eigenvalue weighted by Crippen LogP contribution is 2.37. The highest BCUT2D eigenvalue weighted by atomic mass is 16.1. The van der Waals surface area contributed by atoms with Crippen molar-refractivity contribution in [3.8, 4) is 0 Å². The summed E-state index contributed by atoms with van der Waals surface area (Å²) in [5.74, 6) is 0.155. The minimum atomic E-state index is -0.0869. The third kappa shape index (κ3) is 2.14. The summed E-state index contributed by atoms with van der Waals surface area (Å²) in [6, 6.07) is 21.0. The highest BCUT2D eigenvalue weighted by molar-refractivity contribution is 5.77. The fraction of sp³-hybridized carbons (Fsp3) is 0.235. The van der Waals surface area contributed by atoms with Crippen LogP contribution in [0.1, 0.15) is 24.0 Å². The molecule has 2 aromatic carbocycles. The van der Waals surface area contributed by atoms with Crippen LogP contribution in [0.25, 0.3) is 0 Å². The van der Waals surface area contributed by atoms with Gasteiger partial charge in [-0.25, -0.2) is 0 Å². The topological polar surface area (TPSA) is 29.1 Å². The van der Waals surface area contributed by atoms with Crippen molar-refractivity contribution in [2.75, 3.05) is 6.54 Å². The zero-order valence-corrected chi connectivity index (χ0v) is 10.8. The van der Waals surface area contributed by atoms with E-state index in [0.29, 0.717) is 13.0 Å². The minimum absolute atomic E-state index is 0.0869. The van der Waals surface area contributed by atoms with Gasteiger partial charge in [-0.05, 0) is 17.5 Å². The van der Waals surface area contributed by atoms with E-state index in [9.17, 15) is 4.79 Å².